The molecule has 2 N–H and O–H groups in total. The van der Waals surface area contributed by atoms with Gasteiger partial charge in [-0.2, -0.15) is 52.7 Å². The number of carbonyl (C=O) groups excluding carboxylic acids is 2. The van der Waals surface area contributed by atoms with Crippen molar-refractivity contribution >= 4 is 11.8 Å². The van der Waals surface area contributed by atoms with Crippen LogP contribution in [-0.2, 0) is 24.7 Å². The van der Waals surface area contributed by atoms with E-state index in [1.807, 2.05) is 0 Å². The van der Waals surface area contributed by atoms with Gasteiger partial charge < -0.3 is 20.4 Å². The summed E-state index contributed by atoms with van der Waals surface area (Å²) in [5.74, 6) is -1.79. The highest BCUT2D eigenvalue weighted by Crippen LogP contribution is 2.55. The first-order valence-corrected chi connectivity index (χ1v) is 20.8. The van der Waals surface area contributed by atoms with Crippen molar-refractivity contribution in [3.63, 3.8) is 0 Å². The van der Waals surface area contributed by atoms with Crippen molar-refractivity contribution in [2.24, 2.45) is 21.7 Å². The van der Waals surface area contributed by atoms with Gasteiger partial charge >= 0.3 is 24.7 Å². The summed E-state index contributed by atoms with van der Waals surface area (Å²) >= 11 is 0. The van der Waals surface area contributed by atoms with Gasteiger partial charge in [0.25, 0.3) is 11.8 Å². The Morgan fingerprint density at radius 2 is 0.758 bits per heavy atom. The van der Waals surface area contributed by atoms with E-state index in [1.165, 1.54) is 0 Å². The molecule has 2 aromatic rings. The predicted molar refractivity (Wildman–Crippen MR) is 209 cm³/mol. The average Bonchev–Trinajstić information content (AvgIpc) is 4.02. The van der Waals surface area contributed by atoms with E-state index in [4.69, 9.17) is 0 Å². The summed E-state index contributed by atoms with van der Waals surface area (Å²) in [4.78, 5) is 29.7. The maximum atomic E-state index is 13.0. The molecule has 1 unspecified atom stereocenters. The van der Waals surface area contributed by atoms with Gasteiger partial charge in [-0.3, -0.25) is 9.59 Å². The van der Waals surface area contributed by atoms with E-state index in [0.717, 1.165) is 77.8 Å². The molecule has 0 aromatic heterocycles. The summed E-state index contributed by atoms with van der Waals surface area (Å²) in [7, 11) is 0. The van der Waals surface area contributed by atoms with Gasteiger partial charge in [0.1, 0.15) is 0 Å². The maximum absolute atomic E-state index is 13.0. The fourth-order valence-corrected chi connectivity index (χ4v) is 8.29. The summed E-state index contributed by atoms with van der Waals surface area (Å²) in [5.41, 5.74) is -6.87. The molecule has 2 aliphatic heterocycles. The Balaban J connectivity index is 0.000000234. The summed E-state index contributed by atoms with van der Waals surface area (Å²) in [5, 5.41) is 5.33. The van der Waals surface area contributed by atoms with E-state index in [9.17, 15) is 62.3 Å². The van der Waals surface area contributed by atoms with Gasteiger partial charge in [0, 0.05) is 23.2 Å². The van der Waals surface area contributed by atoms with E-state index in [0.29, 0.717) is 37.1 Å². The summed E-state index contributed by atoms with van der Waals surface area (Å²) in [6.07, 6.45) is -12.9. The molecule has 2 aromatic carbocycles. The molecule has 0 bridgehead atoms. The van der Waals surface area contributed by atoms with Gasteiger partial charge in [-0.1, -0.05) is 41.5 Å². The summed E-state index contributed by atoms with van der Waals surface area (Å²) in [6.45, 7) is 18.6. The van der Waals surface area contributed by atoms with Crippen LogP contribution in [0.25, 0.3) is 0 Å². The highest BCUT2D eigenvalue weighted by molar-refractivity contribution is 5.95. The lowest BCUT2D eigenvalue weighted by Crippen LogP contribution is -2.39. The Labute approximate surface area is 354 Å². The minimum absolute atomic E-state index is 0.0305. The lowest BCUT2D eigenvalue weighted by molar-refractivity contribution is -0.144. The molecule has 6 nitrogen and oxygen atoms in total. The number of hydrogen-bond acceptors (Lipinski definition) is 4. The van der Waals surface area contributed by atoms with Crippen molar-refractivity contribution in [3.8, 4) is 0 Å². The van der Waals surface area contributed by atoms with Gasteiger partial charge in [0.15, 0.2) is 0 Å². The molecular weight excluding hydrogens is 844 g/mol. The number of benzene rings is 2. The SMILES string of the molecule is CC(C)(C)CCN1CCC2(CC1)CC2NC(=O)c1cc(C(F)(F)F)cc(C(F)(F)F)c1.CC(C)(C)CCN1CCC2(CC1)C[C@H]2NC(=O)c1cc(C(F)(F)F)cc(C(F)(F)F)c1. The number of nitrogens with one attached hydrogen (secondary N) is 2. The third-order valence-corrected chi connectivity index (χ3v) is 12.7. The molecule has 2 atom stereocenters. The monoisotopic (exact) mass is 900 g/mol. The van der Waals surface area contributed by atoms with Crippen LogP contribution in [0, 0.1) is 21.7 Å². The van der Waals surface area contributed by atoms with Crippen LogP contribution < -0.4 is 10.6 Å². The molecule has 2 aliphatic carbocycles. The lowest BCUT2D eigenvalue weighted by Gasteiger charge is -2.34. The minimum Gasteiger partial charge on any atom is -0.349 e. The quantitative estimate of drug-likeness (QED) is 0.259. The van der Waals surface area contributed by atoms with Crippen molar-refractivity contribution in [3.05, 3.63) is 69.8 Å². The molecule has 4 aliphatic rings. The molecule has 4 fully saturated rings. The predicted octanol–water partition coefficient (Wildman–Crippen LogP) is 11.5. The molecule has 2 amide bonds. The van der Waals surface area contributed by atoms with E-state index in [1.54, 1.807) is 0 Å². The maximum Gasteiger partial charge on any atom is 0.416 e. The smallest absolute Gasteiger partial charge is 0.349 e. The molecule has 6 rings (SSSR count). The topological polar surface area (TPSA) is 64.7 Å². The molecule has 18 heteroatoms. The van der Waals surface area contributed by atoms with Crippen LogP contribution in [0.1, 0.15) is 136 Å². The van der Waals surface area contributed by atoms with Gasteiger partial charge in [0.05, 0.1) is 22.3 Å². The first-order valence-electron chi connectivity index (χ1n) is 20.8. The van der Waals surface area contributed by atoms with E-state index in [-0.39, 0.29) is 45.9 Å². The highest BCUT2D eigenvalue weighted by Gasteiger charge is 2.57. The van der Waals surface area contributed by atoms with Gasteiger partial charge in [0.2, 0.25) is 0 Å². The number of amides is 2. The third kappa shape index (κ3) is 13.3. The number of alkyl halides is 12. The van der Waals surface area contributed by atoms with Crippen molar-refractivity contribution in [2.45, 2.75) is 130 Å². The number of carbonyl (C=O) groups is 2. The molecular formula is C44H56F12N4O2. The van der Waals surface area contributed by atoms with Crippen LogP contribution in [0.2, 0.25) is 0 Å². The number of piperidine rings is 2. The van der Waals surface area contributed by atoms with Crippen molar-refractivity contribution in [1.82, 2.24) is 20.4 Å². The molecule has 62 heavy (non-hydrogen) atoms. The van der Waals surface area contributed by atoms with Crippen LogP contribution in [-0.4, -0.2) is 73.0 Å². The normalized spacial score (nSPS) is 21.9. The number of halogens is 12. The second-order valence-electron chi connectivity index (χ2n) is 20.1. The first-order chi connectivity index (χ1) is 28.2. The van der Waals surface area contributed by atoms with Crippen LogP contribution in [0.15, 0.2) is 36.4 Å². The Bertz CT molecular complexity index is 1710. The molecule has 2 heterocycles. The van der Waals surface area contributed by atoms with E-state index < -0.39 is 69.9 Å². The van der Waals surface area contributed by atoms with Crippen molar-refractivity contribution < 1.29 is 62.3 Å². The van der Waals surface area contributed by atoms with Crippen molar-refractivity contribution in [2.75, 3.05) is 39.3 Å². The number of hydrogen-bond donors (Lipinski definition) is 2. The van der Waals surface area contributed by atoms with E-state index in [2.05, 4.69) is 62.0 Å². The second-order valence-corrected chi connectivity index (χ2v) is 20.1. The Morgan fingerprint density at radius 3 is 0.984 bits per heavy atom. The highest BCUT2D eigenvalue weighted by atomic mass is 19.4. The zero-order valence-electron chi connectivity index (χ0n) is 35.8. The van der Waals surface area contributed by atoms with E-state index >= 15 is 0 Å². The second kappa shape index (κ2) is 17.4. The lowest BCUT2D eigenvalue weighted by atomic mass is 9.89. The molecule has 2 spiro atoms. The van der Waals surface area contributed by atoms with Crippen LogP contribution >= 0.6 is 0 Å². The molecule has 0 radical (unpaired) electrons. The number of rotatable bonds is 8. The van der Waals surface area contributed by atoms with Gasteiger partial charge in [-0.15, -0.1) is 0 Å². The zero-order chi connectivity index (χ0) is 46.5. The zero-order valence-corrected chi connectivity index (χ0v) is 35.8. The molecule has 348 valence electrons. The Kier molecular flexibility index (Phi) is 13.9. The van der Waals surface area contributed by atoms with Crippen LogP contribution in [0.4, 0.5) is 52.7 Å². The summed E-state index contributed by atoms with van der Waals surface area (Å²) in [6, 6.07) is 1.56. The van der Waals surface area contributed by atoms with Gasteiger partial charge in [-0.25, -0.2) is 0 Å². The van der Waals surface area contributed by atoms with Crippen molar-refractivity contribution in [1.29, 1.82) is 0 Å². The standard InChI is InChI=1S/2C22H28F6N2O/c2*1-19(2,3)4-7-30-8-5-20(6-9-30)13-17(20)29-18(31)14-10-15(21(23,24)25)12-16(11-14)22(26,27)28/h2*10-12,17H,4-9,13H2,1-3H3,(H,29,31)/t17-;/m1./s1. The number of likely N-dealkylation sites (tertiary alicyclic amines) is 2. The van der Waals surface area contributed by atoms with Crippen LogP contribution in [0.5, 0.6) is 0 Å². The largest absolute Gasteiger partial charge is 0.416 e. The van der Waals surface area contributed by atoms with Crippen LogP contribution in [0.3, 0.4) is 0 Å². The first kappa shape index (κ1) is 49.5. The Hall–Kier alpha value is -3.54. The Morgan fingerprint density at radius 1 is 0.500 bits per heavy atom. The van der Waals surface area contributed by atoms with Gasteiger partial charge in [-0.05, 0) is 149 Å². The minimum atomic E-state index is -4.98. The molecule has 2 saturated carbocycles. The fourth-order valence-electron chi connectivity index (χ4n) is 8.29. The third-order valence-electron chi connectivity index (χ3n) is 12.7. The number of nitrogens with zero attached hydrogens (tertiary/aromatic N) is 2. The summed E-state index contributed by atoms with van der Waals surface area (Å²) < 4.78 is 156. The fraction of sp³-hybridized carbons (Fsp3) is 0.682. The molecule has 2 saturated heterocycles. The average molecular weight is 901 g/mol.